The largest absolute Gasteiger partial charge is 0.204 e. The van der Waals surface area contributed by atoms with Gasteiger partial charge in [-0.25, -0.2) is 8.78 Å². The molecule has 0 aliphatic carbocycles. The molecule has 0 atom stereocenters. The van der Waals surface area contributed by atoms with Gasteiger partial charge in [-0.3, -0.25) is 0 Å². The van der Waals surface area contributed by atoms with Crippen molar-refractivity contribution in [1.29, 1.82) is 0 Å². The van der Waals surface area contributed by atoms with Gasteiger partial charge in [-0.15, -0.1) is 0 Å². The number of fused-ring (bicyclic) bond motifs is 1. The molecule has 0 N–H and O–H groups in total. The predicted octanol–water partition coefficient (Wildman–Crippen LogP) is 8.70. The lowest BCUT2D eigenvalue weighted by molar-refractivity contribution is 0.517. The molecule has 166 valence electrons. The van der Waals surface area contributed by atoms with E-state index in [0.29, 0.717) is 5.39 Å². The summed E-state index contributed by atoms with van der Waals surface area (Å²) in [6.45, 7) is 2.25. The van der Waals surface area contributed by atoms with Gasteiger partial charge in [0.25, 0.3) is 0 Å². The van der Waals surface area contributed by atoms with Crippen LogP contribution in [0.15, 0.2) is 78.9 Å². The second kappa shape index (κ2) is 10.9. The second-order valence-corrected chi connectivity index (χ2v) is 8.49. The van der Waals surface area contributed by atoms with Gasteiger partial charge < -0.3 is 0 Å². The number of rotatable bonds is 7. The van der Waals surface area contributed by atoms with Gasteiger partial charge in [0.15, 0.2) is 11.6 Å². The zero-order valence-corrected chi connectivity index (χ0v) is 19.0. The number of aryl methyl sites for hydroxylation is 1. The van der Waals surface area contributed by atoms with Gasteiger partial charge in [-0.2, -0.15) is 0 Å². The number of unbranched alkanes of at least 4 members (excludes halogenated alkanes) is 4. The van der Waals surface area contributed by atoms with E-state index in [2.05, 4.69) is 55.2 Å². The highest BCUT2D eigenvalue weighted by molar-refractivity contribution is 5.84. The van der Waals surface area contributed by atoms with E-state index in [9.17, 15) is 8.78 Å². The van der Waals surface area contributed by atoms with Crippen LogP contribution in [0.2, 0.25) is 0 Å². The van der Waals surface area contributed by atoms with E-state index in [-0.39, 0.29) is 5.39 Å². The summed E-state index contributed by atoms with van der Waals surface area (Å²) >= 11 is 0. The first-order valence-corrected chi connectivity index (χ1v) is 11.7. The van der Waals surface area contributed by atoms with Gasteiger partial charge in [-0.05, 0) is 65.3 Å². The van der Waals surface area contributed by atoms with Gasteiger partial charge in [0.2, 0.25) is 0 Å². The molecule has 4 rings (SSSR count). The highest BCUT2D eigenvalue weighted by Gasteiger charge is 2.06. The lowest BCUT2D eigenvalue weighted by Gasteiger charge is -2.05. The molecule has 0 radical (unpaired) electrons. The summed E-state index contributed by atoms with van der Waals surface area (Å²) in [5, 5.41) is 0.910. The van der Waals surface area contributed by atoms with Crippen LogP contribution in [0.25, 0.3) is 21.9 Å². The van der Waals surface area contributed by atoms with Crippen molar-refractivity contribution in [3.05, 3.63) is 107 Å². The lowest BCUT2D eigenvalue weighted by atomic mass is 10.00. The van der Waals surface area contributed by atoms with Crippen LogP contribution in [-0.4, -0.2) is 0 Å². The molecule has 0 heterocycles. The smallest absolute Gasteiger partial charge is 0.166 e. The lowest BCUT2D eigenvalue weighted by Crippen LogP contribution is -1.87. The fourth-order valence-corrected chi connectivity index (χ4v) is 4.03. The maximum absolute atomic E-state index is 13.9. The van der Waals surface area contributed by atoms with Crippen LogP contribution in [0.5, 0.6) is 0 Å². The van der Waals surface area contributed by atoms with E-state index < -0.39 is 11.6 Å². The Labute approximate surface area is 195 Å². The van der Waals surface area contributed by atoms with E-state index in [4.69, 9.17) is 0 Å². The standard InChI is InChI=1S/C31H28F2/c1-2-3-4-5-6-7-23-10-15-26(16-11-23)27-17-12-24(13-18-27)8-9-25-14-20-29-28(22-25)19-21-30(32)31(29)33/h10-22H,2-7H2,1H3. The molecule has 4 aromatic rings. The Balaban J connectivity index is 1.40. The van der Waals surface area contributed by atoms with Crippen molar-refractivity contribution in [3.63, 3.8) is 0 Å². The summed E-state index contributed by atoms with van der Waals surface area (Å²) in [4.78, 5) is 0. The summed E-state index contributed by atoms with van der Waals surface area (Å²) < 4.78 is 27.2. The SMILES string of the molecule is CCCCCCCc1ccc(-c2ccc(C#Cc3ccc4c(F)c(F)ccc4c3)cc2)cc1. The average Bonchev–Trinajstić information content (AvgIpc) is 2.86. The van der Waals surface area contributed by atoms with E-state index in [1.165, 1.54) is 48.8 Å². The molecule has 0 aliphatic heterocycles. The van der Waals surface area contributed by atoms with Crippen LogP contribution in [-0.2, 0) is 6.42 Å². The monoisotopic (exact) mass is 438 g/mol. The Morgan fingerprint density at radius 2 is 1.27 bits per heavy atom. The van der Waals surface area contributed by atoms with Crippen molar-refractivity contribution in [2.45, 2.75) is 45.4 Å². The van der Waals surface area contributed by atoms with Gasteiger partial charge in [0, 0.05) is 16.5 Å². The van der Waals surface area contributed by atoms with Gasteiger partial charge >= 0.3 is 0 Å². The Hall–Kier alpha value is -3.44. The minimum atomic E-state index is -0.835. The summed E-state index contributed by atoms with van der Waals surface area (Å²) in [5.41, 5.74) is 5.44. The first-order chi connectivity index (χ1) is 16.1. The topological polar surface area (TPSA) is 0 Å². The van der Waals surface area contributed by atoms with Gasteiger partial charge in [0.05, 0.1) is 0 Å². The van der Waals surface area contributed by atoms with E-state index in [0.717, 1.165) is 23.6 Å². The third-order valence-corrected chi connectivity index (χ3v) is 6.00. The van der Waals surface area contributed by atoms with Crippen LogP contribution in [0.4, 0.5) is 8.78 Å². The van der Waals surface area contributed by atoms with Gasteiger partial charge in [0.1, 0.15) is 0 Å². The first-order valence-electron chi connectivity index (χ1n) is 11.7. The van der Waals surface area contributed by atoms with Crippen LogP contribution in [0, 0.1) is 23.5 Å². The minimum absolute atomic E-state index is 0.271. The van der Waals surface area contributed by atoms with Crippen LogP contribution in [0.3, 0.4) is 0 Å². The third-order valence-electron chi connectivity index (χ3n) is 6.00. The summed E-state index contributed by atoms with van der Waals surface area (Å²) in [7, 11) is 0. The quantitative estimate of drug-likeness (QED) is 0.200. The Bertz CT molecular complexity index is 1270. The van der Waals surface area contributed by atoms with Crippen molar-refractivity contribution < 1.29 is 8.78 Å². The Morgan fingerprint density at radius 1 is 0.636 bits per heavy atom. The molecule has 33 heavy (non-hydrogen) atoms. The molecular formula is C31H28F2. The third kappa shape index (κ3) is 5.88. The first kappa shape index (κ1) is 22.7. The maximum Gasteiger partial charge on any atom is 0.166 e. The number of hydrogen-bond acceptors (Lipinski definition) is 0. The molecule has 0 saturated heterocycles. The van der Waals surface area contributed by atoms with Crippen molar-refractivity contribution in [2.24, 2.45) is 0 Å². The molecule has 0 aliphatic rings. The molecule has 0 spiro atoms. The van der Waals surface area contributed by atoms with Gasteiger partial charge in [-0.1, -0.05) is 93.0 Å². The zero-order valence-electron chi connectivity index (χ0n) is 19.0. The van der Waals surface area contributed by atoms with Crippen LogP contribution in [0.1, 0.15) is 55.7 Å². The zero-order chi connectivity index (χ0) is 23.0. The Kier molecular flexibility index (Phi) is 7.53. The molecule has 0 bridgehead atoms. The minimum Gasteiger partial charge on any atom is -0.204 e. The number of benzene rings is 4. The molecule has 0 saturated carbocycles. The normalized spacial score (nSPS) is 10.8. The highest BCUT2D eigenvalue weighted by atomic mass is 19.2. The fourth-order valence-electron chi connectivity index (χ4n) is 4.03. The van der Waals surface area contributed by atoms with E-state index >= 15 is 0 Å². The van der Waals surface area contributed by atoms with Crippen molar-refractivity contribution in [3.8, 4) is 23.0 Å². The number of halogens is 2. The molecular weight excluding hydrogens is 410 g/mol. The summed E-state index contributed by atoms with van der Waals surface area (Å²) in [6, 6.07) is 24.9. The molecule has 0 nitrogen and oxygen atoms in total. The molecule has 0 unspecified atom stereocenters. The van der Waals surface area contributed by atoms with Crippen LogP contribution < -0.4 is 0 Å². The number of hydrogen-bond donors (Lipinski definition) is 0. The highest BCUT2D eigenvalue weighted by Crippen LogP contribution is 2.23. The summed E-state index contributed by atoms with van der Waals surface area (Å²) in [6.07, 6.45) is 7.68. The van der Waals surface area contributed by atoms with E-state index in [1.54, 1.807) is 24.3 Å². The second-order valence-electron chi connectivity index (χ2n) is 8.49. The Morgan fingerprint density at radius 3 is 2.00 bits per heavy atom. The van der Waals surface area contributed by atoms with Crippen molar-refractivity contribution in [1.82, 2.24) is 0 Å². The summed E-state index contributed by atoms with van der Waals surface area (Å²) in [5.74, 6) is 4.63. The molecule has 4 aromatic carbocycles. The molecule has 0 amide bonds. The van der Waals surface area contributed by atoms with E-state index in [1.807, 2.05) is 12.1 Å². The molecule has 0 aromatic heterocycles. The average molecular weight is 439 g/mol. The predicted molar refractivity (Wildman–Crippen MR) is 134 cm³/mol. The molecule has 2 heteroatoms. The van der Waals surface area contributed by atoms with Crippen LogP contribution >= 0.6 is 0 Å². The van der Waals surface area contributed by atoms with Crippen molar-refractivity contribution >= 4 is 10.8 Å². The fraction of sp³-hybridized carbons (Fsp3) is 0.226. The maximum atomic E-state index is 13.9. The van der Waals surface area contributed by atoms with Crippen molar-refractivity contribution in [2.75, 3.05) is 0 Å². The molecule has 0 fully saturated rings.